The first-order valence-corrected chi connectivity index (χ1v) is 7.26. The zero-order valence-corrected chi connectivity index (χ0v) is 13.3. The summed E-state index contributed by atoms with van der Waals surface area (Å²) < 4.78 is 10.0. The van der Waals surface area contributed by atoms with E-state index in [4.69, 9.17) is 9.47 Å². The number of aryl methyl sites for hydroxylation is 1. The number of imidazole rings is 1. The molecule has 23 heavy (non-hydrogen) atoms. The minimum Gasteiger partial charge on any atom is -0.465 e. The lowest BCUT2D eigenvalue weighted by molar-refractivity contribution is -0.0539. The van der Waals surface area contributed by atoms with E-state index in [1.54, 1.807) is 12.1 Å². The van der Waals surface area contributed by atoms with Crippen LogP contribution in [0.25, 0.3) is 11.3 Å². The first kappa shape index (κ1) is 15.3. The molecular weight excluding hydrogens is 294 g/mol. The van der Waals surface area contributed by atoms with Gasteiger partial charge in [-0.05, 0) is 31.5 Å². The van der Waals surface area contributed by atoms with Crippen LogP contribution in [-0.4, -0.2) is 36.3 Å². The van der Waals surface area contributed by atoms with Crippen molar-refractivity contribution < 1.29 is 14.3 Å². The highest BCUT2D eigenvalue weighted by Crippen LogP contribution is 2.33. The van der Waals surface area contributed by atoms with Gasteiger partial charge in [0.2, 0.25) is 0 Å². The van der Waals surface area contributed by atoms with Gasteiger partial charge in [-0.1, -0.05) is 6.07 Å². The second-order valence-corrected chi connectivity index (χ2v) is 6.00. The topological polar surface area (TPSA) is 88.0 Å². The molecule has 1 aliphatic heterocycles. The first-order valence-electron chi connectivity index (χ1n) is 7.26. The number of H-pyrrole nitrogens is 1. The number of carbonyl (C=O) groups is 1. The van der Waals surface area contributed by atoms with E-state index in [0.717, 1.165) is 17.0 Å². The van der Waals surface area contributed by atoms with Gasteiger partial charge in [-0.3, -0.25) is 0 Å². The van der Waals surface area contributed by atoms with E-state index in [1.807, 2.05) is 19.9 Å². The Hall–Kier alpha value is -2.65. The number of nitrogens with zero attached hydrogens (tertiary/aromatic N) is 2. The molecule has 6 nitrogen and oxygen atoms in total. The van der Waals surface area contributed by atoms with Crippen LogP contribution in [0.1, 0.15) is 34.4 Å². The number of aromatic nitrogens is 2. The number of rotatable bonds is 3. The normalized spacial score (nSPS) is 15.6. The number of nitriles is 1. The molecule has 6 heteroatoms. The number of methoxy groups -OCH3 is 1. The zero-order chi connectivity index (χ0) is 16.6. The lowest BCUT2D eigenvalue weighted by Crippen LogP contribution is -2.44. The third-order valence-corrected chi connectivity index (χ3v) is 4.15. The molecule has 0 aliphatic carbocycles. The summed E-state index contributed by atoms with van der Waals surface area (Å²) in [5.74, 6) is 0.321. The second kappa shape index (κ2) is 5.52. The molecule has 0 bridgehead atoms. The van der Waals surface area contributed by atoms with Crippen molar-refractivity contribution in [1.82, 2.24) is 9.97 Å². The van der Waals surface area contributed by atoms with Gasteiger partial charge in [0, 0.05) is 5.56 Å². The molecule has 2 heterocycles. The van der Waals surface area contributed by atoms with Crippen molar-refractivity contribution in [3.8, 4) is 17.3 Å². The van der Waals surface area contributed by atoms with Gasteiger partial charge in [0.15, 0.2) is 5.69 Å². The largest absolute Gasteiger partial charge is 0.465 e. The lowest BCUT2D eigenvalue weighted by Gasteiger charge is -2.36. The van der Waals surface area contributed by atoms with Gasteiger partial charge in [-0.2, -0.15) is 5.26 Å². The van der Waals surface area contributed by atoms with Crippen molar-refractivity contribution in [2.75, 3.05) is 20.3 Å². The number of benzene rings is 1. The number of aromatic amines is 1. The molecule has 0 spiro atoms. The maximum atomic E-state index is 11.8. The van der Waals surface area contributed by atoms with Crippen LogP contribution in [0, 0.1) is 18.3 Å². The fourth-order valence-corrected chi connectivity index (χ4v) is 2.62. The number of carbonyl (C=O) groups excluding carboxylic acids is 1. The number of nitrogens with one attached hydrogen (secondary N) is 1. The van der Waals surface area contributed by atoms with Crippen LogP contribution in [-0.2, 0) is 14.9 Å². The summed E-state index contributed by atoms with van der Waals surface area (Å²) in [7, 11) is 1.34. The highest BCUT2D eigenvalue weighted by Gasteiger charge is 2.39. The van der Waals surface area contributed by atoms with Crippen LogP contribution in [0.2, 0.25) is 0 Å². The van der Waals surface area contributed by atoms with Crippen molar-refractivity contribution in [3.05, 3.63) is 40.8 Å². The summed E-state index contributed by atoms with van der Waals surface area (Å²) in [5.41, 5.74) is 2.90. The van der Waals surface area contributed by atoms with E-state index in [2.05, 4.69) is 16.0 Å². The van der Waals surface area contributed by atoms with E-state index in [1.165, 1.54) is 7.11 Å². The Balaban J connectivity index is 2.11. The highest BCUT2D eigenvalue weighted by molar-refractivity contribution is 5.91. The average Bonchev–Trinajstić information content (AvgIpc) is 2.96. The quantitative estimate of drug-likeness (QED) is 0.879. The molecule has 1 saturated heterocycles. The van der Waals surface area contributed by atoms with Crippen LogP contribution in [0.3, 0.4) is 0 Å². The molecule has 118 valence electrons. The van der Waals surface area contributed by atoms with Crippen molar-refractivity contribution in [1.29, 1.82) is 5.26 Å². The van der Waals surface area contributed by atoms with Gasteiger partial charge < -0.3 is 14.5 Å². The van der Waals surface area contributed by atoms with Crippen LogP contribution >= 0.6 is 0 Å². The molecule has 1 aliphatic rings. The Labute approximate surface area is 134 Å². The van der Waals surface area contributed by atoms with E-state index < -0.39 is 5.97 Å². The molecule has 1 fully saturated rings. The monoisotopic (exact) mass is 311 g/mol. The fraction of sp³-hybridized carbons (Fsp3) is 0.353. The molecule has 0 saturated carbocycles. The summed E-state index contributed by atoms with van der Waals surface area (Å²) in [6.45, 7) is 5.11. The predicted octanol–water partition coefficient (Wildman–Crippen LogP) is 2.33. The summed E-state index contributed by atoms with van der Waals surface area (Å²) in [6, 6.07) is 7.38. The smallest absolute Gasteiger partial charge is 0.337 e. The minimum atomic E-state index is -0.413. The first-order chi connectivity index (χ1) is 11.0. The van der Waals surface area contributed by atoms with Gasteiger partial charge >= 0.3 is 5.97 Å². The van der Waals surface area contributed by atoms with Crippen LogP contribution < -0.4 is 0 Å². The molecule has 3 rings (SSSR count). The summed E-state index contributed by atoms with van der Waals surface area (Å²) in [5, 5.41) is 9.41. The molecule has 1 aromatic carbocycles. The summed E-state index contributed by atoms with van der Waals surface area (Å²) in [4.78, 5) is 19.4. The molecule has 2 aromatic rings. The van der Waals surface area contributed by atoms with Gasteiger partial charge in [0.1, 0.15) is 11.9 Å². The van der Waals surface area contributed by atoms with Crippen molar-refractivity contribution in [2.45, 2.75) is 19.3 Å². The third kappa shape index (κ3) is 2.49. The number of ether oxygens (including phenoxy) is 2. The molecule has 0 radical (unpaired) electrons. The molecule has 0 atom stereocenters. The minimum absolute atomic E-state index is 0.197. The van der Waals surface area contributed by atoms with Gasteiger partial charge in [-0.15, -0.1) is 0 Å². The van der Waals surface area contributed by atoms with Crippen molar-refractivity contribution in [3.63, 3.8) is 0 Å². The van der Waals surface area contributed by atoms with Gasteiger partial charge in [0.05, 0.1) is 37.0 Å². The Morgan fingerprint density at radius 1 is 1.48 bits per heavy atom. The van der Waals surface area contributed by atoms with E-state index in [0.29, 0.717) is 30.2 Å². The average molecular weight is 311 g/mol. The van der Waals surface area contributed by atoms with Gasteiger partial charge in [-0.25, -0.2) is 9.78 Å². The Kier molecular flexibility index (Phi) is 3.66. The number of hydrogen-bond acceptors (Lipinski definition) is 5. The zero-order valence-electron chi connectivity index (χ0n) is 13.3. The maximum absolute atomic E-state index is 11.8. The molecule has 0 unspecified atom stereocenters. The third-order valence-electron chi connectivity index (χ3n) is 4.15. The van der Waals surface area contributed by atoms with E-state index >= 15 is 0 Å². The highest BCUT2D eigenvalue weighted by atomic mass is 16.5. The predicted molar refractivity (Wildman–Crippen MR) is 83.0 cm³/mol. The Morgan fingerprint density at radius 2 is 2.22 bits per heavy atom. The fourth-order valence-electron chi connectivity index (χ4n) is 2.62. The number of hydrogen-bond donors (Lipinski definition) is 1. The van der Waals surface area contributed by atoms with E-state index in [-0.39, 0.29) is 5.41 Å². The Morgan fingerprint density at radius 3 is 2.78 bits per heavy atom. The van der Waals surface area contributed by atoms with Crippen LogP contribution in [0.4, 0.5) is 0 Å². The summed E-state index contributed by atoms with van der Waals surface area (Å²) >= 11 is 0. The van der Waals surface area contributed by atoms with Gasteiger partial charge in [0.25, 0.3) is 0 Å². The summed E-state index contributed by atoms with van der Waals surface area (Å²) in [6.07, 6.45) is 0. The Bertz CT molecular complexity index is 813. The SMILES string of the molecule is COC(=O)c1ccc(C)c(-c2[nH]c(C3(C)COC3)nc2C#N)c1. The van der Waals surface area contributed by atoms with Crippen molar-refractivity contribution >= 4 is 5.97 Å². The molecule has 0 amide bonds. The maximum Gasteiger partial charge on any atom is 0.337 e. The van der Waals surface area contributed by atoms with E-state index in [9.17, 15) is 10.1 Å². The molecule has 1 aromatic heterocycles. The molecular formula is C17H17N3O3. The second-order valence-electron chi connectivity index (χ2n) is 6.00. The van der Waals surface area contributed by atoms with Crippen molar-refractivity contribution in [2.24, 2.45) is 0 Å². The molecule has 1 N–H and O–H groups in total. The number of esters is 1. The van der Waals surface area contributed by atoms with Crippen LogP contribution in [0.5, 0.6) is 0 Å². The van der Waals surface area contributed by atoms with Crippen LogP contribution in [0.15, 0.2) is 18.2 Å². The lowest BCUT2D eigenvalue weighted by atomic mass is 9.88. The standard InChI is InChI=1S/C17H17N3O3/c1-10-4-5-11(15(21)22-3)6-12(10)14-13(7-18)19-16(20-14)17(2)8-23-9-17/h4-6H,8-9H2,1-3H3,(H,19,20).